The normalized spacial score (nSPS) is 17.3. The first-order valence-electron chi connectivity index (χ1n) is 10.2. The quantitative estimate of drug-likeness (QED) is 0.822. The van der Waals surface area contributed by atoms with Crippen LogP contribution in [0.1, 0.15) is 65.5 Å². The standard InChI is InChI=1S/C23H27FN2O2/c1-14(17-8-9-17)25-22(28)12-19-15(2)26(13-16-6-10-18(24)11-7-16)20-4-3-5-21(27)23(19)20/h6-7,10-11,14,17H,3-5,8-9,12-13H2,1-2H3,(H,25,28)/t14-/m1/s1. The molecule has 28 heavy (non-hydrogen) atoms. The molecule has 1 amide bonds. The maximum Gasteiger partial charge on any atom is 0.224 e. The number of rotatable bonds is 6. The van der Waals surface area contributed by atoms with Gasteiger partial charge in [-0.25, -0.2) is 4.39 Å². The second-order valence-electron chi connectivity index (χ2n) is 8.25. The predicted octanol–water partition coefficient (Wildman–Crippen LogP) is 3.96. The summed E-state index contributed by atoms with van der Waals surface area (Å²) in [6, 6.07) is 6.66. The second-order valence-corrected chi connectivity index (χ2v) is 8.25. The molecule has 4 rings (SSSR count). The van der Waals surface area contributed by atoms with Gasteiger partial charge in [-0.1, -0.05) is 12.1 Å². The number of aromatic nitrogens is 1. The Hall–Kier alpha value is -2.43. The Balaban J connectivity index is 1.63. The summed E-state index contributed by atoms with van der Waals surface area (Å²) in [5.41, 5.74) is 4.59. The Morgan fingerprint density at radius 1 is 1.25 bits per heavy atom. The molecule has 5 heteroatoms. The zero-order valence-electron chi connectivity index (χ0n) is 16.6. The van der Waals surface area contributed by atoms with Crippen LogP contribution in [0.3, 0.4) is 0 Å². The van der Waals surface area contributed by atoms with E-state index in [-0.39, 0.29) is 30.0 Å². The Morgan fingerprint density at radius 3 is 2.64 bits per heavy atom. The van der Waals surface area contributed by atoms with E-state index in [1.165, 1.54) is 25.0 Å². The van der Waals surface area contributed by atoms with Crippen molar-refractivity contribution in [2.75, 3.05) is 0 Å². The number of ketones is 1. The average molecular weight is 382 g/mol. The number of benzene rings is 1. The van der Waals surface area contributed by atoms with Gasteiger partial charge in [0, 0.05) is 36.0 Å². The summed E-state index contributed by atoms with van der Waals surface area (Å²) in [6.07, 6.45) is 4.82. The molecule has 1 heterocycles. The average Bonchev–Trinajstić information content (AvgIpc) is 3.47. The molecule has 0 bridgehead atoms. The number of Topliss-reactive ketones (excluding diaryl/α,β-unsaturated/α-hetero) is 1. The van der Waals surface area contributed by atoms with Gasteiger partial charge >= 0.3 is 0 Å². The minimum absolute atomic E-state index is 0.0115. The van der Waals surface area contributed by atoms with Crippen LogP contribution in [0.4, 0.5) is 4.39 Å². The van der Waals surface area contributed by atoms with Crippen LogP contribution < -0.4 is 5.32 Å². The summed E-state index contributed by atoms with van der Waals surface area (Å²) >= 11 is 0. The third kappa shape index (κ3) is 3.75. The van der Waals surface area contributed by atoms with Crippen LogP contribution in [0.5, 0.6) is 0 Å². The number of carbonyl (C=O) groups excluding carboxylic acids is 2. The fourth-order valence-electron chi connectivity index (χ4n) is 4.37. The number of halogens is 1. The molecule has 1 aromatic heterocycles. The van der Waals surface area contributed by atoms with E-state index in [2.05, 4.69) is 16.8 Å². The lowest BCUT2D eigenvalue weighted by atomic mass is 9.92. The van der Waals surface area contributed by atoms with Gasteiger partial charge in [0.1, 0.15) is 5.82 Å². The van der Waals surface area contributed by atoms with Crippen molar-refractivity contribution >= 4 is 11.7 Å². The monoisotopic (exact) mass is 382 g/mol. The van der Waals surface area contributed by atoms with Crippen molar-refractivity contribution in [2.45, 2.75) is 65.0 Å². The van der Waals surface area contributed by atoms with E-state index in [0.29, 0.717) is 18.9 Å². The highest BCUT2D eigenvalue weighted by molar-refractivity contribution is 6.01. The lowest BCUT2D eigenvalue weighted by molar-refractivity contribution is -0.121. The van der Waals surface area contributed by atoms with Crippen LogP contribution in [0.2, 0.25) is 0 Å². The molecule has 0 aliphatic heterocycles. The van der Waals surface area contributed by atoms with Crippen LogP contribution in [0.25, 0.3) is 0 Å². The van der Waals surface area contributed by atoms with E-state index >= 15 is 0 Å². The minimum atomic E-state index is -0.257. The molecule has 2 aliphatic rings. The second kappa shape index (κ2) is 7.53. The van der Waals surface area contributed by atoms with Gasteiger partial charge in [-0.15, -0.1) is 0 Å². The Bertz CT molecular complexity index is 910. The molecule has 0 unspecified atom stereocenters. The highest BCUT2D eigenvalue weighted by atomic mass is 19.1. The first kappa shape index (κ1) is 18.9. The highest BCUT2D eigenvalue weighted by Gasteiger charge is 2.31. The van der Waals surface area contributed by atoms with E-state index in [1.54, 1.807) is 12.1 Å². The lowest BCUT2D eigenvalue weighted by Crippen LogP contribution is -2.35. The van der Waals surface area contributed by atoms with Crippen LogP contribution >= 0.6 is 0 Å². The molecular formula is C23H27FN2O2. The molecule has 1 N–H and O–H groups in total. The van der Waals surface area contributed by atoms with E-state index in [9.17, 15) is 14.0 Å². The van der Waals surface area contributed by atoms with Gasteiger partial charge in [-0.3, -0.25) is 9.59 Å². The summed E-state index contributed by atoms with van der Waals surface area (Å²) in [6.45, 7) is 4.63. The zero-order chi connectivity index (χ0) is 19.8. The third-order valence-corrected chi connectivity index (χ3v) is 6.16. The molecule has 0 radical (unpaired) electrons. The van der Waals surface area contributed by atoms with Gasteiger partial charge in [-0.05, 0) is 68.7 Å². The number of amides is 1. The van der Waals surface area contributed by atoms with Crippen LogP contribution in [0, 0.1) is 18.7 Å². The lowest BCUT2D eigenvalue weighted by Gasteiger charge is -2.16. The third-order valence-electron chi connectivity index (χ3n) is 6.16. The minimum Gasteiger partial charge on any atom is -0.353 e. The van der Waals surface area contributed by atoms with Gasteiger partial charge in [-0.2, -0.15) is 0 Å². The molecule has 0 saturated heterocycles. The fraction of sp³-hybridized carbons (Fsp3) is 0.478. The SMILES string of the molecule is Cc1c(CC(=O)N[C@H](C)C2CC2)c2c(n1Cc1ccc(F)cc1)CCCC2=O. The van der Waals surface area contributed by atoms with Gasteiger partial charge in [0.05, 0.1) is 6.42 Å². The van der Waals surface area contributed by atoms with Crippen molar-refractivity contribution < 1.29 is 14.0 Å². The fourth-order valence-corrected chi connectivity index (χ4v) is 4.37. The van der Waals surface area contributed by atoms with Crippen molar-refractivity contribution in [3.05, 3.63) is 58.2 Å². The first-order valence-corrected chi connectivity index (χ1v) is 10.2. The summed E-state index contributed by atoms with van der Waals surface area (Å²) in [5, 5.41) is 3.10. The largest absolute Gasteiger partial charge is 0.353 e. The van der Waals surface area contributed by atoms with Crippen molar-refractivity contribution in [2.24, 2.45) is 5.92 Å². The maximum atomic E-state index is 13.2. The van der Waals surface area contributed by atoms with Gasteiger partial charge < -0.3 is 9.88 Å². The molecule has 1 aromatic carbocycles. The van der Waals surface area contributed by atoms with E-state index in [1.807, 2.05) is 6.92 Å². The van der Waals surface area contributed by atoms with Crippen LogP contribution in [0.15, 0.2) is 24.3 Å². The summed E-state index contributed by atoms with van der Waals surface area (Å²) in [5.74, 6) is 0.471. The number of fused-ring (bicyclic) bond motifs is 1. The van der Waals surface area contributed by atoms with E-state index < -0.39 is 0 Å². The summed E-state index contributed by atoms with van der Waals surface area (Å²) in [4.78, 5) is 25.3. The Labute approximate surface area is 165 Å². The van der Waals surface area contributed by atoms with Crippen molar-refractivity contribution in [3.63, 3.8) is 0 Å². The number of hydrogen-bond acceptors (Lipinski definition) is 2. The Kier molecular flexibility index (Phi) is 5.09. The highest BCUT2D eigenvalue weighted by Crippen LogP contribution is 2.33. The Morgan fingerprint density at radius 2 is 1.96 bits per heavy atom. The van der Waals surface area contributed by atoms with Crippen molar-refractivity contribution in [1.82, 2.24) is 9.88 Å². The molecule has 4 nitrogen and oxygen atoms in total. The smallest absolute Gasteiger partial charge is 0.224 e. The molecule has 148 valence electrons. The van der Waals surface area contributed by atoms with Crippen molar-refractivity contribution in [1.29, 1.82) is 0 Å². The van der Waals surface area contributed by atoms with Crippen LogP contribution in [-0.4, -0.2) is 22.3 Å². The van der Waals surface area contributed by atoms with E-state index in [0.717, 1.165) is 40.9 Å². The maximum absolute atomic E-state index is 13.2. The predicted molar refractivity (Wildman–Crippen MR) is 106 cm³/mol. The summed E-state index contributed by atoms with van der Waals surface area (Å²) < 4.78 is 15.4. The number of carbonyl (C=O) groups is 2. The van der Waals surface area contributed by atoms with Gasteiger partial charge in [0.25, 0.3) is 0 Å². The van der Waals surface area contributed by atoms with Gasteiger partial charge in [0.15, 0.2) is 5.78 Å². The topological polar surface area (TPSA) is 51.1 Å². The number of hydrogen-bond donors (Lipinski definition) is 1. The van der Waals surface area contributed by atoms with E-state index in [4.69, 9.17) is 0 Å². The number of nitrogens with zero attached hydrogens (tertiary/aromatic N) is 1. The molecule has 0 spiro atoms. The number of nitrogens with one attached hydrogen (secondary N) is 1. The first-order chi connectivity index (χ1) is 13.4. The zero-order valence-corrected chi connectivity index (χ0v) is 16.6. The molecular weight excluding hydrogens is 355 g/mol. The molecule has 1 atom stereocenters. The van der Waals surface area contributed by atoms with Crippen LogP contribution in [-0.2, 0) is 24.2 Å². The molecule has 2 aromatic rings. The molecule has 1 saturated carbocycles. The summed E-state index contributed by atoms with van der Waals surface area (Å²) in [7, 11) is 0. The van der Waals surface area contributed by atoms with Gasteiger partial charge in [0.2, 0.25) is 5.91 Å². The molecule has 2 aliphatic carbocycles. The molecule has 1 fully saturated rings. The van der Waals surface area contributed by atoms with Crippen molar-refractivity contribution in [3.8, 4) is 0 Å².